The van der Waals surface area contributed by atoms with E-state index in [-0.39, 0.29) is 24.8 Å². The Morgan fingerprint density at radius 3 is 2.15 bits per heavy atom. The average Bonchev–Trinajstić information content (AvgIpc) is 2.65. The van der Waals surface area contributed by atoms with E-state index >= 15 is 0 Å². The number of carbonyl (C=O) groups is 3. The van der Waals surface area contributed by atoms with Crippen LogP contribution in [0.25, 0.3) is 0 Å². The van der Waals surface area contributed by atoms with Gasteiger partial charge in [0.2, 0.25) is 11.8 Å². The normalized spacial score (nSPS) is 10.3. The number of amides is 2. The Balaban J connectivity index is 1.86. The number of carboxylic acids is 1. The van der Waals surface area contributed by atoms with Crippen molar-refractivity contribution in [3.05, 3.63) is 65.7 Å². The van der Waals surface area contributed by atoms with E-state index in [4.69, 9.17) is 5.11 Å². The standard InChI is InChI=1S/C21H24N2O4/c1-16(24)23(14-13-17-5-3-2-4-6-17)15-20(25)22-19-10-7-18(8-11-19)9-12-21(26)27/h2-8,10-11H,9,12-15H2,1H3,(H,22,25)(H,26,27). The van der Waals surface area contributed by atoms with Crippen LogP contribution in [0.5, 0.6) is 0 Å². The molecule has 0 bridgehead atoms. The minimum Gasteiger partial charge on any atom is -0.481 e. The van der Waals surface area contributed by atoms with Gasteiger partial charge in [-0.3, -0.25) is 14.4 Å². The van der Waals surface area contributed by atoms with Crippen LogP contribution < -0.4 is 5.32 Å². The van der Waals surface area contributed by atoms with Crippen molar-refractivity contribution >= 4 is 23.5 Å². The fourth-order valence-electron chi connectivity index (χ4n) is 2.64. The summed E-state index contributed by atoms with van der Waals surface area (Å²) in [5, 5.41) is 11.5. The Bertz CT molecular complexity index is 773. The minimum atomic E-state index is -0.841. The molecule has 6 heteroatoms. The van der Waals surface area contributed by atoms with Gasteiger partial charge in [-0.1, -0.05) is 42.5 Å². The van der Waals surface area contributed by atoms with Crippen LogP contribution in [0.2, 0.25) is 0 Å². The second kappa shape index (κ2) is 10.1. The van der Waals surface area contributed by atoms with Gasteiger partial charge in [-0.05, 0) is 36.1 Å². The summed E-state index contributed by atoms with van der Waals surface area (Å²) in [5.74, 6) is -1.26. The predicted molar refractivity (Wildman–Crippen MR) is 103 cm³/mol. The highest BCUT2D eigenvalue weighted by Crippen LogP contribution is 2.11. The summed E-state index contributed by atoms with van der Waals surface area (Å²) < 4.78 is 0. The zero-order valence-corrected chi connectivity index (χ0v) is 15.4. The number of benzene rings is 2. The summed E-state index contributed by atoms with van der Waals surface area (Å²) in [4.78, 5) is 36.2. The molecule has 0 aromatic heterocycles. The maximum atomic E-state index is 12.3. The number of hydrogen-bond donors (Lipinski definition) is 2. The molecule has 142 valence electrons. The summed E-state index contributed by atoms with van der Waals surface area (Å²) >= 11 is 0. The molecule has 0 fully saturated rings. The van der Waals surface area contributed by atoms with Crippen molar-refractivity contribution in [3.8, 4) is 0 Å². The van der Waals surface area contributed by atoms with E-state index in [1.165, 1.54) is 11.8 Å². The lowest BCUT2D eigenvalue weighted by Crippen LogP contribution is -2.38. The number of carbonyl (C=O) groups excluding carboxylic acids is 2. The van der Waals surface area contributed by atoms with Gasteiger partial charge in [-0.15, -0.1) is 0 Å². The van der Waals surface area contributed by atoms with Gasteiger partial charge in [0.05, 0.1) is 6.54 Å². The smallest absolute Gasteiger partial charge is 0.303 e. The monoisotopic (exact) mass is 368 g/mol. The highest BCUT2D eigenvalue weighted by Gasteiger charge is 2.14. The van der Waals surface area contributed by atoms with Crippen molar-refractivity contribution in [1.29, 1.82) is 0 Å². The van der Waals surface area contributed by atoms with Gasteiger partial charge >= 0.3 is 5.97 Å². The molecule has 2 rings (SSSR count). The van der Waals surface area contributed by atoms with E-state index in [9.17, 15) is 14.4 Å². The third kappa shape index (κ3) is 7.32. The number of nitrogens with zero attached hydrogens (tertiary/aromatic N) is 1. The van der Waals surface area contributed by atoms with Crippen molar-refractivity contribution in [2.75, 3.05) is 18.4 Å². The minimum absolute atomic E-state index is 0.0110. The van der Waals surface area contributed by atoms with Crippen LogP contribution in [0.3, 0.4) is 0 Å². The number of hydrogen-bond acceptors (Lipinski definition) is 3. The van der Waals surface area contributed by atoms with Crippen LogP contribution in [-0.4, -0.2) is 40.9 Å². The van der Waals surface area contributed by atoms with E-state index in [1.807, 2.05) is 30.3 Å². The van der Waals surface area contributed by atoms with Crippen molar-refractivity contribution in [2.24, 2.45) is 0 Å². The van der Waals surface area contributed by atoms with Gasteiger partial charge < -0.3 is 15.3 Å². The van der Waals surface area contributed by atoms with Crippen molar-refractivity contribution < 1.29 is 19.5 Å². The molecule has 0 aliphatic heterocycles. The molecule has 2 aromatic carbocycles. The van der Waals surface area contributed by atoms with E-state index in [2.05, 4.69) is 5.32 Å². The molecule has 0 heterocycles. The van der Waals surface area contributed by atoms with Gasteiger partial charge in [0.25, 0.3) is 0 Å². The highest BCUT2D eigenvalue weighted by atomic mass is 16.4. The Kier molecular flexibility index (Phi) is 7.55. The van der Waals surface area contributed by atoms with Crippen molar-refractivity contribution in [3.63, 3.8) is 0 Å². The lowest BCUT2D eigenvalue weighted by atomic mass is 10.1. The van der Waals surface area contributed by atoms with Gasteiger partial charge in [0.15, 0.2) is 0 Å². The van der Waals surface area contributed by atoms with Crippen molar-refractivity contribution in [1.82, 2.24) is 4.90 Å². The summed E-state index contributed by atoms with van der Waals surface area (Å²) in [7, 11) is 0. The molecule has 0 spiro atoms. The Labute approximate surface area is 158 Å². The maximum absolute atomic E-state index is 12.3. The molecule has 2 amide bonds. The average molecular weight is 368 g/mol. The fourth-order valence-corrected chi connectivity index (χ4v) is 2.64. The van der Waals surface area contributed by atoms with Crippen LogP contribution in [0.1, 0.15) is 24.5 Å². The molecular weight excluding hydrogens is 344 g/mol. The van der Waals surface area contributed by atoms with Crippen LogP contribution >= 0.6 is 0 Å². The number of anilines is 1. The highest BCUT2D eigenvalue weighted by molar-refractivity contribution is 5.94. The third-order valence-electron chi connectivity index (χ3n) is 4.16. The Hall–Kier alpha value is -3.15. The molecule has 6 nitrogen and oxygen atoms in total. The van der Waals surface area contributed by atoms with Gasteiger partial charge in [0.1, 0.15) is 0 Å². The zero-order chi connectivity index (χ0) is 19.6. The van der Waals surface area contributed by atoms with Crippen LogP contribution in [-0.2, 0) is 27.2 Å². The Morgan fingerprint density at radius 2 is 1.56 bits per heavy atom. The van der Waals surface area contributed by atoms with Gasteiger partial charge in [-0.2, -0.15) is 0 Å². The summed E-state index contributed by atoms with van der Waals surface area (Å²) in [5.41, 5.74) is 2.62. The molecule has 0 saturated heterocycles. The van der Waals surface area contributed by atoms with E-state index < -0.39 is 5.97 Å². The fraction of sp³-hybridized carbons (Fsp3) is 0.286. The molecule has 0 atom stereocenters. The predicted octanol–water partition coefficient (Wildman–Crippen LogP) is 2.73. The SMILES string of the molecule is CC(=O)N(CCc1ccccc1)CC(=O)Nc1ccc(CCC(=O)O)cc1. The quantitative estimate of drug-likeness (QED) is 0.712. The molecule has 2 N–H and O–H groups in total. The molecule has 2 aromatic rings. The second-order valence-corrected chi connectivity index (χ2v) is 6.32. The largest absolute Gasteiger partial charge is 0.481 e. The van der Waals surface area contributed by atoms with Gasteiger partial charge in [0, 0.05) is 25.6 Å². The molecular formula is C21H24N2O4. The first-order valence-electron chi connectivity index (χ1n) is 8.84. The van der Waals surface area contributed by atoms with Crippen LogP contribution in [0.15, 0.2) is 54.6 Å². The zero-order valence-electron chi connectivity index (χ0n) is 15.4. The van der Waals surface area contributed by atoms with E-state index in [1.54, 1.807) is 24.3 Å². The summed E-state index contributed by atoms with van der Waals surface area (Å²) in [6.45, 7) is 1.92. The number of nitrogens with one attached hydrogen (secondary N) is 1. The first kappa shape index (κ1) is 20.2. The summed E-state index contributed by atoms with van der Waals surface area (Å²) in [6, 6.07) is 16.9. The molecule has 0 unspecified atom stereocenters. The number of carboxylic acid groups (broad SMARTS) is 1. The molecule has 0 aliphatic rings. The van der Waals surface area contributed by atoms with E-state index in [0.29, 0.717) is 25.1 Å². The first-order valence-corrected chi connectivity index (χ1v) is 8.84. The number of rotatable bonds is 9. The molecule has 0 saturated carbocycles. The molecule has 27 heavy (non-hydrogen) atoms. The maximum Gasteiger partial charge on any atom is 0.303 e. The lowest BCUT2D eigenvalue weighted by molar-refractivity contribution is -0.137. The van der Waals surface area contributed by atoms with Crippen LogP contribution in [0.4, 0.5) is 5.69 Å². The molecule has 0 aliphatic carbocycles. The Morgan fingerprint density at radius 1 is 0.926 bits per heavy atom. The van der Waals surface area contributed by atoms with Gasteiger partial charge in [-0.25, -0.2) is 0 Å². The second-order valence-electron chi connectivity index (χ2n) is 6.32. The number of aliphatic carboxylic acids is 1. The molecule has 0 radical (unpaired) electrons. The third-order valence-corrected chi connectivity index (χ3v) is 4.16. The summed E-state index contributed by atoms with van der Waals surface area (Å²) in [6.07, 6.45) is 1.20. The first-order chi connectivity index (χ1) is 12.9. The van der Waals surface area contributed by atoms with Crippen molar-refractivity contribution in [2.45, 2.75) is 26.2 Å². The van der Waals surface area contributed by atoms with Crippen LogP contribution in [0, 0.1) is 0 Å². The topological polar surface area (TPSA) is 86.7 Å². The van der Waals surface area contributed by atoms with E-state index in [0.717, 1.165) is 11.1 Å². The number of aryl methyl sites for hydroxylation is 1. The lowest BCUT2D eigenvalue weighted by Gasteiger charge is -2.20.